The average Bonchev–Trinajstić information content (AvgIpc) is 2.97. The van der Waals surface area contributed by atoms with Crippen LogP contribution >= 0.6 is 0 Å². The minimum Gasteiger partial charge on any atom is -0.299 e. The van der Waals surface area contributed by atoms with E-state index in [1.807, 2.05) is 6.07 Å². The summed E-state index contributed by atoms with van der Waals surface area (Å²) in [6, 6.07) is 16.9. The Morgan fingerprint density at radius 3 is 2.48 bits per heavy atom. The van der Waals surface area contributed by atoms with E-state index in [2.05, 4.69) is 75.4 Å². The molecule has 0 saturated heterocycles. The van der Waals surface area contributed by atoms with Gasteiger partial charge in [0.1, 0.15) is 5.78 Å². The molecule has 0 N–H and O–H groups in total. The number of ketones is 1. The third kappa shape index (κ3) is 4.17. The van der Waals surface area contributed by atoms with E-state index < -0.39 is 0 Å². The predicted molar refractivity (Wildman–Crippen MR) is 106 cm³/mol. The molecule has 128 valence electrons. The van der Waals surface area contributed by atoms with Crippen molar-refractivity contribution in [1.82, 2.24) is 0 Å². The number of benzene rings is 2. The number of allylic oxidation sites excluding steroid dienone is 4. The van der Waals surface area contributed by atoms with E-state index in [-0.39, 0.29) is 0 Å². The van der Waals surface area contributed by atoms with Crippen molar-refractivity contribution in [2.24, 2.45) is 5.92 Å². The molecule has 2 aromatic rings. The predicted octanol–water partition coefficient (Wildman–Crippen LogP) is 5.85. The van der Waals surface area contributed by atoms with Gasteiger partial charge in [-0.15, -0.1) is 0 Å². The second kappa shape index (κ2) is 7.65. The lowest BCUT2D eigenvalue weighted by Gasteiger charge is -2.15. The van der Waals surface area contributed by atoms with Gasteiger partial charge in [-0.25, -0.2) is 0 Å². The fourth-order valence-electron chi connectivity index (χ4n) is 3.59. The maximum absolute atomic E-state index is 12.4. The number of Topliss-reactive ketones (excluding diaryl/α,β-unsaturated/α-hetero) is 1. The number of carbonyl (C=O) groups excluding carboxylic acids is 1. The first kappa shape index (κ1) is 17.4. The lowest BCUT2D eigenvalue weighted by Crippen LogP contribution is -2.06. The molecule has 0 amide bonds. The highest BCUT2D eigenvalue weighted by Gasteiger charge is 2.20. The van der Waals surface area contributed by atoms with E-state index in [0.29, 0.717) is 24.5 Å². The second-order valence-electron chi connectivity index (χ2n) is 7.10. The van der Waals surface area contributed by atoms with Crippen molar-refractivity contribution in [3.63, 3.8) is 0 Å². The van der Waals surface area contributed by atoms with Crippen LogP contribution in [0.1, 0.15) is 42.0 Å². The van der Waals surface area contributed by atoms with Crippen molar-refractivity contribution in [1.29, 1.82) is 0 Å². The number of aryl methyl sites for hydroxylation is 2. The molecule has 0 saturated carbocycles. The van der Waals surface area contributed by atoms with E-state index >= 15 is 0 Å². The summed E-state index contributed by atoms with van der Waals surface area (Å²) in [4.78, 5) is 12.4. The zero-order valence-corrected chi connectivity index (χ0v) is 15.4. The zero-order chi connectivity index (χ0) is 17.8. The molecule has 0 radical (unpaired) electrons. The summed E-state index contributed by atoms with van der Waals surface area (Å²) in [7, 11) is 0. The Morgan fingerprint density at radius 1 is 1.00 bits per heavy atom. The molecular formula is C24H26O. The van der Waals surface area contributed by atoms with Gasteiger partial charge in [0.15, 0.2) is 0 Å². The van der Waals surface area contributed by atoms with Gasteiger partial charge < -0.3 is 0 Å². The van der Waals surface area contributed by atoms with Gasteiger partial charge in [0, 0.05) is 18.8 Å². The Labute approximate surface area is 151 Å². The van der Waals surface area contributed by atoms with Crippen molar-refractivity contribution in [2.45, 2.75) is 40.0 Å². The van der Waals surface area contributed by atoms with Gasteiger partial charge in [-0.3, -0.25) is 4.79 Å². The van der Waals surface area contributed by atoms with Gasteiger partial charge >= 0.3 is 0 Å². The molecule has 1 nitrogen and oxygen atoms in total. The Bertz CT molecular complexity index is 824. The molecule has 0 aliphatic heterocycles. The van der Waals surface area contributed by atoms with E-state index in [4.69, 9.17) is 0 Å². The molecule has 1 heteroatoms. The number of hydrogen-bond donors (Lipinski definition) is 0. The van der Waals surface area contributed by atoms with Crippen LogP contribution in [0.25, 0.3) is 5.57 Å². The summed E-state index contributed by atoms with van der Waals surface area (Å²) in [5, 5.41) is 0. The number of carbonyl (C=O) groups is 1. The Hall–Kier alpha value is -2.41. The fraction of sp³-hybridized carbons (Fsp3) is 0.292. The van der Waals surface area contributed by atoms with Crippen LogP contribution in [0.2, 0.25) is 0 Å². The van der Waals surface area contributed by atoms with E-state index in [0.717, 1.165) is 12.0 Å². The Kier molecular flexibility index (Phi) is 5.33. The Morgan fingerprint density at radius 2 is 1.76 bits per heavy atom. The first-order valence-electron chi connectivity index (χ1n) is 9.08. The van der Waals surface area contributed by atoms with Crippen LogP contribution in [0.4, 0.5) is 0 Å². The maximum atomic E-state index is 12.4. The summed E-state index contributed by atoms with van der Waals surface area (Å²) >= 11 is 0. The normalized spacial score (nSPS) is 16.5. The third-order valence-electron chi connectivity index (χ3n) is 5.19. The Balaban J connectivity index is 1.55. The summed E-state index contributed by atoms with van der Waals surface area (Å²) in [5.41, 5.74) is 7.63. The monoisotopic (exact) mass is 330 g/mol. The third-order valence-corrected chi connectivity index (χ3v) is 5.19. The summed E-state index contributed by atoms with van der Waals surface area (Å²) in [5.74, 6) is 0.726. The molecule has 3 rings (SSSR count). The van der Waals surface area contributed by atoms with Crippen LogP contribution in [-0.4, -0.2) is 5.78 Å². The number of rotatable bonds is 6. The van der Waals surface area contributed by atoms with Gasteiger partial charge in [0.2, 0.25) is 0 Å². The van der Waals surface area contributed by atoms with E-state index in [9.17, 15) is 4.79 Å². The molecular weight excluding hydrogens is 304 g/mol. The SMILES string of the molecule is Cc1ccc(CC(=O)CCC2=CC=C(c3ccccc3)C2C)c(C)c1. The highest BCUT2D eigenvalue weighted by Crippen LogP contribution is 2.36. The molecule has 0 spiro atoms. The van der Waals surface area contributed by atoms with Crippen LogP contribution in [-0.2, 0) is 11.2 Å². The zero-order valence-electron chi connectivity index (χ0n) is 15.4. The molecule has 0 heterocycles. The lowest BCUT2D eigenvalue weighted by molar-refractivity contribution is -0.118. The van der Waals surface area contributed by atoms with Gasteiger partial charge in [-0.2, -0.15) is 0 Å². The van der Waals surface area contributed by atoms with Crippen LogP contribution in [0.3, 0.4) is 0 Å². The highest BCUT2D eigenvalue weighted by molar-refractivity contribution is 5.82. The molecule has 1 atom stereocenters. The molecule has 1 aliphatic carbocycles. The maximum Gasteiger partial charge on any atom is 0.137 e. The van der Waals surface area contributed by atoms with Crippen molar-refractivity contribution >= 4 is 11.4 Å². The molecule has 0 bridgehead atoms. The molecule has 0 aromatic heterocycles. The highest BCUT2D eigenvalue weighted by atomic mass is 16.1. The van der Waals surface area contributed by atoms with Crippen LogP contribution in [0, 0.1) is 19.8 Å². The van der Waals surface area contributed by atoms with Gasteiger partial charge in [0.25, 0.3) is 0 Å². The van der Waals surface area contributed by atoms with Crippen molar-refractivity contribution < 1.29 is 4.79 Å². The van der Waals surface area contributed by atoms with E-state index in [1.165, 1.54) is 27.8 Å². The standard InChI is InChI=1S/C24H26O/c1-17-9-10-22(18(2)15-17)16-23(25)13-11-20-12-14-24(19(20)3)21-7-5-4-6-8-21/h4-10,12,14-15,19H,11,13,16H2,1-3H3. The number of hydrogen-bond acceptors (Lipinski definition) is 1. The second-order valence-corrected chi connectivity index (χ2v) is 7.10. The minimum atomic E-state index is 0.327. The van der Waals surface area contributed by atoms with Crippen LogP contribution in [0.5, 0.6) is 0 Å². The first-order valence-corrected chi connectivity index (χ1v) is 9.08. The van der Waals surface area contributed by atoms with Crippen LogP contribution < -0.4 is 0 Å². The van der Waals surface area contributed by atoms with E-state index in [1.54, 1.807) is 0 Å². The topological polar surface area (TPSA) is 17.1 Å². The summed E-state index contributed by atoms with van der Waals surface area (Å²) in [6.07, 6.45) is 6.45. The lowest BCUT2D eigenvalue weighted by atomic mass is 9.89. The van der Waals surface area contributed by atoms with Crippen LogP contribution in [0.15, 0.2) is 66.3 Å². The van der Waals surface area contributed by atoms with Crippen molar-refractivity contribution in [3.8, 4) is 0 Å². The molecule has 0 fully saturated rings. The minimum absolute atomic E-state index is 0.327. The molecule has 1 aliphatic rings. The molecule has 25 heavy (non-hydrogen) atoms. The van der Waals surface area contributed by atoms with Gasteiger partial charge in [-0.1, -0.05) is 78.7 Å². The fourth-order valence-corrected chi connectivity index (χ4v) is 3.59. The summed E-state index contributed by atoms with van der Waals surface area (Å²) < 4.78 is 0. The van der Waals surface area contributed by atoms with Gasteiger partial charge in [-0.05, 0) is 42.5 Å². The first-order chi connectivity index (χ1) is 12.0. The molecule has 2 aromatic carbocycles. The smallest absolute Gasteiger partial charge is 0.137 e. The summed E-state index contributed by atoms with van der Waals surface area (Å²) in [6.45, 7) is 6.42. The quantitative estimate of drug-likeness (QED) is 0.649. The average molecular weight is 330 g/mol. The van der Waals surface area contributed by atoms with Gasteiger partial charge in [0.05, 0.1) is 0 Å². The molecule has 1 unspecified atom stereocenters. The largest absolute Gasteiger partial charge is 0.299 e. The van der Waals surface area contributed by atoms with Crippen molar-refractivity contribution in [2.75, 3.05) is 0 Å². The van der Waals surface area contributed by atoms with Crippen molar-refractivity contribution in [3.05, 3.63) is 88.5 Å².